The molecule has 3 aromatic rings. The maximum absolute atomic E-state index is 16.4. The molecule has 38 heavy (non-hydrogen) atoms. The summed E-state index contributed by atoms with van der Waals surface area (Å²) in [4.78, 5) is 19.0. The second-order valence-corrected chi connectivity index (χ2v) is 11.8. The molecule has 2 bridgehead atoms. The summed E-state index contributed by atoms with van der Waals surface area (Å²) in [5.74, 6) is 0.267. The number of ether oxygens (including phenoxy) is 1. The molecule has 0 saturated carbocycles. The number of aromatic nitrogens is 3. The Labute approximate surface area is 227 Å². The molecule has 7 nitrogen and oxygen atoms in total. The normalized spacial score (nSPS) is 24.3. The average Bonchev–Trinajstić information content (AvgIpc) is 3.61. The van der Waals surface area contributed by atoms with Crippen molar-refractivity contribution in [2.45, 2.75) is 69.5 Å². The summed E-state index contributed by atoms with van der Waals surface area (Å²) in [6, 6.07) is 6.65. The van der Waals surface area contributed by atoms with Crippen molar-refractivity contribution in [2.24, 2.45) is 0 Å². The molecule has 200 valence electrons. The van der Waals surface area contributed by atoms with E-state index in [1.165, 1.54) is 12.8 Å². The molecule has 2 unspecified atom stereocenters. The van der Waals surface area contributed by atoms with E-state index in [1.807, 2.05) is 25.1 Å². The van der Waals surface area contributed by atoms with Gasteiger partial charge in [-0.3, -0.25) is 9.88 Å². The zero-order valence-electron chi connectivity index (χ0n) is 21.8. The first-order valence-electron chi connectivity index (χ1n) is 14.1. The van der Waals surface area contributed by atoms with Crippen molar-refractivity contribution in [3.05, 3.63) is 40.8 Å². The highest BCUT2D eigenvalue weighted by atomic mass is 35.5. The highest BCUT2D eigenvalue weighted by Crippen LogP contribution is 2.40. The molecule has 2 aromatic heterocycles. The standard InChI is InChI=1S/C29H34ClFN6O/c1-2-20-21(6-3-7-23(20)30)25-24(31)26-22(14-32-25)27(36-15-18-8-9-19(16-36)33-18)35-28(34-26)38-17-29-10-4-12-37(29)13-5-11-29/h3,6-7,14,18-19,33H,2,4-5,8-13,15-17H2,1H3. The number of nitrogens with one attached hydrogen (secondary N) is 1. The quantitative estimate of drug-likeness (QED) is 0.476. The maximum Gasteiger partial charge on any atom is 0.319 e. The van der Waals surface area contributed by atoms with Gasteiger partial charge in [0.25, 0.3) is 0 Å². The number of hydrogen-bond acceptors (Lipinski definition) is 7. The minimum Gasteiger partial charge on any atom is -0.461 e. The number of piperazine rings is 1. The van der Waals surface area contributed by atoms with Crippen molar-refractivity contribution < 1.29 is 9.13 Å². The number of rotatable bonds is 6. The lowest BCUT2D eigenvalue weighted by Gasteiger charge is -2.34. The number of pyridine rings is 1. The van der Waals surface area contributed by atoms with Gasteiger partial charge in [-0.15, -0.1) is 0 Å². The summed E-state index contributed by atoms with van der Waals surface area (Å²) in [5, 5.41) is 4.92. The third kappa shape index (κ3) is 4.03. The first-order chi connectivity index (χ1) is 18.5. The third-order valence-corrected chi connectivity index (χ3v) is 9.52. The second-order valence-electron chi connectivity index (χ2n) is 11.4. The van der Waals surface area contributed by atoms with E-state index < -0.39 is 5.82 Å². The van der Waals surface area contributed by atoms with Crippen molar-refractivity contribution in [3.8, 4) is 17.3 Å². The van der Waals surface area contributed by atoms with Gasteiger partial charge in [-0.1, -0.05) is 30.7 Å². The van der Waals surface area contributed by atoms with Gasteiger partial charge < -0.3 is 15.0 Å². The Morgan fingerprint density at radius 3 is 2.63 bits per heavy atom. The molecule has 1 N–H and O–H groups in total. The summed E-state index contributed by atoms with van der Waals surface area (Å²) in [5.41, 5.74) is 2.17. The number of benzene rings is 1. The summed E-state index contributed by atoms with van der Waals surface area (Å²) in [6.45, 7) is 6.47. The predicted molar refractivity (Wildman–Crippen MR) is 148 cm³/mol. The van der Waals surface area contributed by atoms with E-state index in [0.29, 0.717) is 41.1 Å². The highest BCUT2D eigenvalue weighted by Gasteiger charge is 2.45. The van der Waals surface area contributed by atoms with Gasteiger partial charge in [0.2, 0.25) is 0 Å². The fourth-order valence-corrected chi connectivity index (χ4v) is 7.59. The molecule has 6 heterocycles. The molecule has 9 heteroatoms. The van der Waals surface area contributed by atoms with Crippen LogP contribution in [-0.2, 0) is 6.42 Å². The van der Waals surface area contributed by atoms with Gasteiger partial charge in [-0.05, 0) is 69.7 Å². The lowest BCUT2D eigenvalue weighted by molar-refractivity contribution is 0.108. The van der Waals surface area contributed by atoms with Gasteiger partial charge in [0.05, 0.1) is 10.9 Å². The first kappa shape index (κ1) is 24.5. The molecule has 0 aliphatic carbocycles. The topological polar surface area (TPSA) is 66.4 Å². The number of fused-ring (bicyclic) bond motifs is 4. The van der Waals surface area contributed by atoms with E-state index in [-0.39, 0.29) is 22.8 Å². The Kier molecular flexibility index (Phi) is 6.17. The predicted octanol–water partition coefficient (Wildman–Crippen LogP) is 4.99. The average molecular weight is 537 g/mol. The van der Waals surface area contributed by atoms with Crippen LogP contribution in [0.5, 0.6) is 6.01 Å². The highest BCUT2D eigenvalue weighted by molar-refractivity contribution is 6.31. The molecule has 4 aliphatic heterocycles. The second kappa shape index (κ2) is 9.57. The maximum atomic E-state index is 16.4. The van der Waals surface area contributed by atoms with E-state index >= 15 is 4.39 Å². The molecule has 7 rings (SSSR count). The van der Waals surface area contributed by atoms with Crippen molar-refractivity contribution in [3.63, 3.8) is 0 Å². The minimum absolute atomic E-state index is 0.0609. The van der Waals surface area contributed by atoms with E-state index in [0.717, 1.165) is 63.2 Å². The van der Waals surface area contributed by atoms with Crippen LogP contribution >= 0.6 is 11.6 Å². The summed E-state index contributed by atoms with van der Waals surface area (Å²) >= 11 is 6.47. The zero-order chi connectivity index (χ0) is 25.9. The lowest BCUT2D eigenvalue weighted by Crippen LogP contribution is -2.51. The summed E-state index contributed by atoms with van der Waals surface area (Å²) in [6.07, 6.45) is 9.36. The third-order valence-electron chi connectivity index (χ3n) is 9.17. The number of halogens is 2. The van der Waals surface area contributed by atoms with Crippen LogP contribution in [0.25, 0.3) is 22.2 Å². The molecular formula is C29H34ClFN6O. The van der Waals surface area contributed by atoms with Crippen LogP contribution in [0.4, 0.5) is 10.2 Å². The molecule has 4 saturated heterocycles. The fraction of sp³-hybridized carbons (Fsp3) is 0.552. The van der Waals surface area contributed by atoms with Crippen molar-refractivity contribution in [1.82, 2.24) is 25.2 Å². The molecule has 4 fully saturated rings. The molecule has 0 spiro atoms. The molecule has 2 atom stereocenters. The van der Waals surface area contributed by atoms with E-state index in [1.54, 1.807) is 6.20 Å². The Morgan fingerprint density at radius 1 is 1.13 bits per heavy atom. The lowest BCUT2D eigenvalue weighted by atomic mass is 9.95. The summed E-state index contributed by atoms with van der Waals surface area (Å²) in [7, 11) is 0. The smallest absolute Gasteiger partial charge is 0.319 e. The minimum atomic E-state index is -0.451. The van der Waals surface area contributed by atoms with Crippen molar-refractivity contribution in [1.29, 1.82) is 0 Å². The van der Waals surface area contributed by atoms with E-state index in [4.69, 9.17) is 21.3 Å². The van der Waals surface area contributed by atoms with E-state index in [2.05, 4.69) is 25.1 Å². The van der Waals surface area contributed by atoms with Crippen LogP contribution in [0.3, 0.4) is 0 Å². The fourth-order valence-electron chi connectivity index (χ4n) is 7.28. The van der Waals surface area contributed by atoms with Gasteiger partial charge in [-0.2, -0.15) is 9.97 Å². The summed E-state index contributed by atoms with van der Waals surface area (Å²) < 4.78 is 22.7. The SMILES string of the molecule is CCc1c(Cl)cccc1-c1ncc2c(N3CC4CCC(C3)N4)nc(OCC34CCCN3CCC4)nc2c1F. The Balaban J connectivity index is 1.32. The van der Waals surface area contributed by atoms with Crippen LogP contribution in [-0.4, -0.2) is 70.3 Å². The Bertz CT molecular complexity index is 1360. The van der Waals surface area contributed by atoms with Crippen LogP contribution in [0.2, 0.25) is 5.02 Å². The molecular weight excluding hydrogens is 503 g/mol. The molecule has 0 radical (unpaired) electrons. The first-order valence-corrected chi connectivity index (χ1v) is 14.5. The monoisotopic (exact) mass is 536 g/mol. The molecule has 0 amide bonds. The molecule has 4 aliphatic rings. The van der Waals surface area contributed by atoms with Crippen molar-refractivity contribution in [2.75, 3.05) is 37.7 Å². The van der Waals surface area contributed by atoms with Gasteiger partial charge in [0.1, 0.15) is 23.6 Å². The Hall–Kier alpha value is -2.55. The van der Waals surface area contributed by atoms with Gasteiger partial charge in [-0.25, -0.2) is 4.39 Å². The Morgan fingerprint density at radius 2 is 1.89 bits per heavy atom. The largest absolute Gasteiger partial charge is 0.461 e. The zero-order valence-corrected chi connectivity index (χ0v) is 22.6. The number of anilines is 1. The number of hydrogen-bond donors (Lipinski definition) is 1. The van der Waals surface area contributed by atoms with Crippen molar-refractivity contribution >= 4 is 28.3 Å². The number of nitrogens with zero attached hydrogens (tertiary/aromatic N) is 5. The van der Waals surface area contributed by atoms with Gasteiger partial charge in [0.15, 0.2) is 5.82 Å². The van der Waals surface area contributed by atoms with Crippen LogP contribution in [0.15, 0.2) is 24.4 Å². The van der Waals surface area contributed by atoms with Crippen LogP contribution in [0.1, 0.15) is 51.0 Å². The van der Waals surface area contributed by atoms with Crippen LogP contribution in [0, 0.1) is 5.82 Å². The van der Waals surface area contributed by atoms with Gasteiger partial charge >= 0.3 is 6.01 Å². The van der Waals surface area contributed by atoms with E-state index in [9.17, 15) is 0 Å². The van der Waals surface area contributed by atoms with Crippen LogP contribution < -0.4 is 15.0 Å². The van der Waals surface area contributed by atoms with Gasteiger partial charge in [0, 0.05) is 42.0 Å². The molecule has 1 aromatic carbocycles.